The van der Waals surface area contributed by atoms with Gasteiger partial charge in [-0.15, -0.1) is 0 Å². The van der Waals surface area contributed by atoms with Crippen molar-refractivity contribution in [1.29, 1.82) is 0 Å². The van der Waals surface area contributed by atoms with Gasteiger partial charge in [-0.3, -0.25) is 9.78 Å². The molecule has 1 aliphatic carbocycles. The monoisotopic (exact) mass is 324 g/mol. The van der Waals surface area contributed by atoms with Gasteiger partial charge in [-0.05, 0) is 43.1 Å². The molecule has 0 aromatic carbocycles. The molecule has 1 aliphatic rings. The Hall–Kier alpha value is -1.13. The van der Waals surface area contributed by atoms with Crippen molar-refractivity contribution in [2.75, 3.05) is 6.54 Å². The van der Waals surface area contributed by atoms with Crippen molar-refractivity contribution in [3.63, 3.8) is 0 Å². The summed E-state index contributed by atoms with van der Waals surface area (Å²) in [7, 11) is 0. The molecule has 0 atom stereocenters. The highest BCUT2D eigenvalue weighted by Gasteiger charge is 2.37. The van der Waals surface area contributed by atoms with Gasteiger partial charge in [0.15, 0.2) is 0 Å². The number of nitrogens with one attached hydrogen (secondary N) is 1. The molecule has 1 fully saturated rings. The number of nitrogens with zero attached hydrogens (tertiary/aromatic N) is 1. The average molecular weight is 325 g/mol. The first kappa shape index (κ1) is 17.2. The number of aliphatic hydroxyl groups is 1. The number of carbonyl (C=O) groups is 1. The molecule has 1 aromatic heterocycles. The van der Waals surface area contributed by atoms with Crippen LogP contribution in [0.25, 0.3) is 0 Å². The first-order valence-corrected chi connectivity index (χ1v) is 8.19. The van der Waals surface area contributed by atoms with Crippen LogP contribution in [0.3, 0.4) is 0 Å². The number of rotatable bonds is 3. The van der Waals surface area contributed by atoms with Gasteiger partial charge in [0.05, 0.1) is 16.2 Å². The Labute approximate surface area is 137 Å². The molecule has 0 aliphatic heterocycles. The lowest BCUT2D eigenvalue weighted by Crippen LogP contribution is -2.46. The van der Waals surface area contributed by atoms with E-state index in [1.54, 1.807) is 6.07 Å². The number of hydrogen-bond donors (Lipinski definition) is 2. The minimum atomic E-state index is -0.809. The minimum absolute atomic E-state index is 0.265. The molecule has 2 N–H and O–H groups in total. The van der Waals surface area contributed by atoms with E-state index in [1.165, 1.54) is 12.4 Å². The zero-order valence-electron chi connectivity index (χ0n) is 13.5. The molecule has 4 nitrogen and oxygen atoms in total. The molecule has 2 rings (SSSR count). The van der Waals surface area contributed by atoms with Crippen LogP contribution in [0.15, 0.2) is 18.5 Å². The maximum atomic E-state index is 12.1. The van der Waals surface area contributed by atoms with E-state index in [1.807, 2.05) is 0 Å². The highest BCUT2D eigenvalue weighted by molar-refractivity contribution is 6.33. The van der Waals surface area contributed by atoms with Crippen LogP contribution in [-0.2, 0) is 0 Å². The number of pyridine rings is 1. The minimum Gasteiger partial charge on any atom is -0.388 e. The van der Waals surface area contributed by atoms with E-state index >= 15 is 0 Å². The van der Waals surface area contributed by atoms with Crippen molar-refractivity contribution in [2.24, 2.45) is 11.3 Å². The summed E-state index contributed by atoms with van der Waals surface area (Å²) in [6, 6.07) is 1.58. The number of amides is 1. The van der Waals surface area contributed by atoms with Crippen LogP contribution in [0, 0.1) is 11.3 Å². The van der Waals surface area contributed by atoms with Crippen LogP contribution in [0.4, 0.5) is 0 Å². The molecule has 22 heavy (non-hydrogen) atoms. The summed E-state index contributed by atoms with van der Waals surface area (Å²) in [5, 5.41) is 13.8. The lowest BCUT2D eigenvalue weighted by Gasteiger charge is -2.41. The first-order chi connectivity index (χ1) is 10.2. The summed E-state index contributed by atoms with van der Waals surface area (Å²) >= 11 is 5.96. The van der Waals surface area contributed by atoms with Gasteiger partial charge in [0, 0.05) is 18.9 Å². The molecule has 1 heterocycles. The standard InChI is InChI=1S/C17H25ClN2O2/c1-16(2,3)12-4-7-17(22,8-5-12)11-20-15(21)13-6-9-19-10-14(13)18/h6,9-10,12,22H,4-5,7-8,11H2,1-3H3,(H,20,21). The number of halogens is 1. The summed E-state index contributed by atoms with van der Waals surface area (Å²) in [5.41, 5.74) is -0.143. The van der Waals surface area contributed by atoms with Gasteiger partial charge in [-0.25, -0.2) is 0 Å². The highest BCUT2D eigenvalue weighted by atomic mass is 35.5. The van der Waals surface area contributed by atoms with Crippen LogP contribution >= 0.6 is 11.6 Å². The highest BCUT2D eigenvalue weighted by Crippen LogP contribution is 2.41. The second kappa shape index (κ2) is 6.55. The Kier molecular flexibility index (Phi) is 5.13. The Morgan fingerprint density at radius 2 is 2.09 bits per heavy atom. The molecule has 0 unspecified atom stereocenters. The number of carbonyl (C=O) groups excluding carboxylic acids is 1. The Bertz CT molecular complexity index is 532. The summed E-state index contributed by atoms with van der Waals surface area (Å²) in [5.74, 6) is 0.358. The fraction of sp³-hybridized carbons (Fsp3) is 0.647. The van der Waals surface area contributed by atoms with Gasteiger partial charge in [0.2, 0.25) is 0 Å². The maximum absolute atomic E-state index is 12.1. The number of hydrogen-bond acceptors (Lipinski definition) is 3. The third kappa shape index (κ3) is 4.20. The van der Waals surface area contributed by atoms with E-state index in [2.05, 4.69) is 31.1 Å². The Morgan fingerprint density at radius 1 is 1.45 bits per heavy atom. The molecule has 122 valence electrons. The van der Waals surface area contributed by atoms with Crippen LogP contribution in [0.5, 0.6) is 0 Å². The predicted octanol–water partition coefficient (Wildman–Crippen LogP) is 3.43. The molecule has 1 amide bonds. The zero-order chi connectivity index (χ0) is 16.4. The predicted molar refractivity (Wildman–Crippen MR) is 87.9 cm³/mol. The summed E-state index contributed by atoms with van der Waals surface area (Å²) in [6.07, 6.45) is 6.40. The van der Waals surface area contributed by atoms with Gasteiger partial charge in [-0.2, -0.15) is 0 Å². The fourth-order valence-electron chi connectivity index (χ4n) is 3.10. The average Bonchev–Trinajstić information content (AvgIpc) is 2.45. The molecular weight excluding hydrogens is 300 g/mol. The van der Waals surface area contributed by atoms with Crippen molar-refractivity contribution in [3.8, 4) is 0 Å². The van der Waals surface area contributed by atoms with Crippen molar-refractivity contribution in [3.05, 3.63) is 29.0 Å². The van der Waals surface area contributed by atoms with Crippen molar-refractivity contribution in [1.82, 2.24) is 10.3 Å². The molecule has 0 bridgehead atoms. The smallest absolute Gasteiger partial charge is 0.253 e. The lowest BCUT2D eigenvalue weighted by molar-refractivity contribution is -0.0228. The molecule has 0 spiro atoms. The second-order valence-electron chi connectivity index (χ2n) is 7.40. The first-order valence-electron chi connectivity index (χ1n) is 7.81. The van der Waals surface area contributed by atoms with E-state index in [4.69, 9.17) is 11.6 Å². The topological polar surface area (TPSA) is 62.2 Å². The van der Waals surface area contributed by atoms with Crippen molar-refractivity contribution < 1.29 is 9.90 Å². The molecule has 0 saturated heterocycles. The van der Waals surface area contributed by atoms with Crippen LogP contribution in [0.2, 0.25) is 5.02 Å². The molecular formula is C17H25ClN2O2. The van der Waals surface area contributed by atoms with Gasteiger partial charge in [0.25, 0.3) is 5.91 Å². The molecule has 5 heteroatoms. The van der Waals surface area contributed by atoms with Crippen LogP contribution in [0.1, 0.15) is 56.8 Å². The van der Waals surface area contributed by atoms with Crippen molar-refractivity contribution in [2.45, 2.75) is 52.1 Å². The fourth-order valence-corrected chi connectivity index (χ4v) is 3.30. The van der Waals surface area contributed by atoms with E-state index in [0.717, 1.165) is 25.7 Å². The Balaban J connectivity index is 1.90. The van der Waals surface area contributed by atoms with Crippen molar-refractivity contribution >= 4 is 17.5 Å². The van der Waals surface area contributed by atoms with E-state index in [-0.39, 0.29) is 17.9 Å². The van der Waals surface area contributed by atoms with Crippen LogP contribution in [-0.4, -0.2) is 28.1 Å². The van der Waals surface area contributed by atoms with Gasteiger partial charge < -0.3 is 10.4 Å². The molecule has 1 aromatic rings. The quantitative estimate of drug-likeness (QED) is 0.895. The summed E-state index contributed by atoms with van der Waals surface area (Å²) in [6.45, 7) is 7.00. The van der Waals surface area contributed by atoms with Gasteiger partial charge >= 0.3 is 0 Å². The largest absolute Gasteiger partial charge is 0.388 e. The van der Waals surface area contributed by atoms with E-state index < -0.39 is 5.60 Å². The van der Waals surface area contributed by atoms with Crippen LogP contribution < -0.4 is 5.32 Å². The molecule has 1 saturated carbocycles. The maximum Gasteiger partial charge on any atom is 0.253 e. The second-order valence-corrected chi connectivity index (χ2v) is 7.81. The van der Waals surface area contributed by atoms with E-state index in [9.17, 15) is 9.90 Å². The van der Waals surface area contributed by atoms with E-state index in [0.29, 0.717) is 16.5 Å². The van der Waals surface area contributed by atoms with Gasteiger partial charge in [0.1, 0.15) is 0 Å². The lowest BCUT2D eigenvalue weighted by atomic mass is 9.68. The normalized spacial score (nSPS) is 25.8. The number of aromatic nitrogens is 1. The Morgan fingerprint density at radius 3 is 2.64 bits per heavy atom. The molecule has 0 radical (unpaired) electrons. The zero-order valence-corrected chi connectivity index (χ0v) is 14.3. The third-order valence-electron chi connectivity index (χ3n) is 4.74. The van der Waals surface area contributed by atoms with Gasteiger partial charge in [-0.1, -0.05) is 32.4 Å². The summed E-state index contributed by atoms with van der Waals surface area (Å²) < 4.78 is 0. The third-order valence-corrected chi connectivity index (χ3v) is 5.04. The summed E-state index contributed by atoms with van der Waals surface area (Å²) in [4.78, 5) is 16.0. The SMILES string of the molecule is CC(C)(C)C1CCC(O)(CNC(=O)c2ccncc2Cl)CC1.